The zero-order chi connectivity index (χ0) is 15.1. The van der Waals surface area contributed by atoms with Crippen LogP contribution in [0, 0.1) is 11.3 Å². The lowest BCUT2D eigenvalue weighted by atomic mass is 10.2. The highest BCUT2D eigenvalue weighted by Crippen LogP contribution is 2.16. The number of H-pyrrole nitrogens is 1. The van der Waals surface area contributed by atoms with Crippen LogP contribution >= 0.6 is 0 Å². The van der Waals surface area contributed by atoms with Crippen LogP contribution in [0.3, 0.4) is 0 Å². The summed E-state index contributed by atoms with van der Waals surface area (Å²) in [6, 6.07) is 8.81. The van der Waals surface area contributed by atoms with Crippen molar-refractivity contribution in [3.05, 3.63) is 29.8 Å². The average Bonchev–Trinajstić information content (AvgIpc) is 2.93. The van der Waals surface area contributed by atoms with Crippen molar-refractivity contribution in [2.75, 3.05) is 18.5 Å². The molecule has 8 heteroatoms. The summed E-state index contributed by atoms with van der Waals surface area (Å²) in [5.41, 5.74) is 0.364. The maximum Gasteiger partial charge on any atom is 0.337 e. The Morgan fingerprint density at radius 2 is 2.24 bits per heavy atom. The molecule has 2 rings (SSSR count). The minimum atomic E-state index is -0.429. The summed E-state index contributed by atoms with van der Waals surface area (Å²) in [5.74, 6) is 0.0882. The Bertz CT molecular complexity index is 662. The van der Waals surface area contributed by atoms with Crippen LogP contribution in [0.2, 0.25) is 0 Å². The largest absolute Gasteiger partial charge is 0.482 e. The molecule has 0 saturated carbocycles. The van der Waals surface area contributed by atoms with Gasteiger partial charge in [-0.3, -0.25) is 10.1 Å². The lowest BCUT2D eigenvalue weighted by Gasteiger charge is -2.06. The summed E-state index contributed by atoms with van der Waals surface area (Å²) in [5, 5.41) is 17.6. The number of benzene rings is 1. The van der Waals surface area contributed by atoms with Gasteiger partial charge < -0.3 is 9.47 Å². The number of anilines is 1. The maximum absolute atomic E-state index is 11.7. The summed E-state index contributed by atoms with van der Waals surface area (Å²) >= 11 is 0. The molecule has 108 valence electrons. The van der Waals surface area contributed by atoms with E-state index in [4.69, 9.17) is 14.7 Å². The summed E-state index contributed by atoms with van der Waals surface area (Å²) in [4.78, 5) is 15.6. The molecule has 8 nitrogen and oxygen atoms in total. The van der Waals surface area contributed by atoms with Crippen LogP contribution in [0.5, 0.6) is 11.8 Å². The van der Waals surface area contributed by atoms with Crippen molar-refractivity contribution in [3.8, 4) is 17.8 Å². The molecular weight excluding hydrogens is 274 g/mol. The zero-order valence-corrected chi connectivity index (χ0v) is 11.3. The van der Waals surface area contributed by atoms with E-state index in [9.17, 15) is 4.79 Å². The van der Waals surface area contributed by atoms with Crippen LogP contribution in [0.25, 0.3) is 0 Å². The van der Waals surface area contributed by atoms with Gasteiger partial charge in [0.1, 0.15) is 11.8 Å². The first kappa shape index (κ1) is 14.3. The number of rotatable bonds is 6. The van der Waals surface area contributed by atoms with E-state index in [1.165, 1.54) is 0 Å². The Kier molecular flexibility index (Phi) is 4.71. The van der Waals surface area contributed by atoms with E-state index in [0.29, 0.717) is 17.9 Å². The first-order valence-electron chi connectivity index (χ1n) is 6.20. The van der Waals surface area contributed by atoms with E-state index in [1.807, 2.05) is 6.07 Å². The number of nitrogens with zero attached hydrogens (tertiary/aromatic N) is 3. The van der Waals surface area contributed by atoms with Crippen LogP contribution < -0.4 is 14.8 Å². The third-order valence-corrected chi connectivity index (χ3v) is 2.36. The number of nitrogens with one attached hydrogen (secondary N) is 2. The highest BCUT2D eigenvalue weighted by Gasteiger charge is 2.09. The van der Waals surface area contributed by atoms with Crippen LogP contribution in [-0.4, -0.2) is 34.3 Å². The number of amides is 1. The lowest BCUT2D eigenvalue weighted by Crippen LogP contribution is -2.21. The number of hydrogen-bond donors (Lipinski definition) is 2. The van der Waals surface area contributed by atoms with Gasteiger partial charge in [0, 0.05) is 0 Å². The Balaban J connectivity index is 1.88. The van der Waals surface area contributed by atoms with Crippen molar-refractivity contribution in [2.24, 2.45) is 0 Å². The Morgan fingerprint density at radius 1 is 1.43 bits per heavy atom. The van der Waals surface area contributed by atoms with E-state index in [0.717, 1.165) is 0 Å². The van der Waals surface area contributed by atoms with Gasteiger partial charge in [-0.2, -0.15) is 10.2 Å². The molecule has 1 aromatic carbocycles. The maximum atomic E-state index is 11.7. The minimum absolute atomic E-state index is 0.156. The number of para-hydroxylation sites is 1. The molecule has 2 N–H and O–H groups in total. The number of nitriles is 1. The normalized spacial score (nSPS) is 9.71. The number of hydrogen-bond acceptors (Lipinski definition) is 6. The van der Waals surface area contributed by atoms with Crippen molar-refractivity contribution in [1.29, 1.82) is 5.26 Å². The van der Waals surface area contributed by atoms with E-state index in [-0.39, 0.29) is 18.6 Å². The molecular formula is C13H13N5O3. The standard InChI is InChI=1S/C13H13N5O3/c1-2-20-13-16-12(17-18-13)15-11(19)8-21-10-6-4-3-5-9(10)7-14/h3-6H,2,8H2,1H3,(H2,15,16,17,18,19). The summed E-state index contributed by atoms with van der Waals surface area (Å²) in [7, 11) is 0. The first-order chi connectivity index (χ1) is 10.2. The second-order valence-electron chi connectivity index (χ2n) is 3.84. The van der Waals surface area contributed by atoms with Gasteiger partial charge in [-0.15, -0.1) is 5.10 Å². The third kappa shape index (κ3) is 3.94. The average molecular weight is 287 g/mol. The quantitative estimate of drug-likeness (QED) is 0.822. The van der Waals surface area contributed by atoms with E-state index >= 15 is 0 Å². The molecule has 0 aliphatic heterocycles. The van der Waals surface area contributed by atoms with Crippen molar-refractivity contribution < 1.29 is 14.3 Å². The number of aromatic amines is 1. The van der Waals surface area contributed by atoms with Crippen molar-refractivity contribution in [1.82, 2.24) is 15.2 Å². The van der Waals surface area contributed by atoms with E-state index in [2.05, 4.69) is 20.5 Å². The molecule has 2 aromatic rings. The van der Waals surface area contributed by atoms with Crippen LogP contribution in [-0.2, 0) is 4.79 Å². The van der Waals surface area contributed by atoms with Gasteiger partial charge in [-0.05, 0) is 19.1 Å². The van der Waals surface area contributed by atoms with Crippen molar-refractivity contribution in [3.63, 3.8) is 0 Å². The Hall–Kier alpha value is -3.08. The number of ether oxygens (including phenoxy) is 2. The highest BCUT2D eigenvalue weighted by molar-refractivity contribution is 5.90. The predicted octanol–water partition coefficient (Wildman–Crippen LogP) is 1.09. The van der Waals surface area contributed by atoms with Crippen molar-refractivity contribution in [2.45, 2.75) is 6.92 Å². The number of carbonyl (C=O) groups is 1. The van der Waals surface area contributed by atoms with Crippen LogP contribution in [0.15, 0.2) is 24.3 Å². The van der Waals surface area contributed by atoms with Gasteiger partial charge in [-0.25, -0.2) is 5.10 Å². The smallest absolute Gasteiger partial charge is 0.337 e. The molecule has 0 bridgehead atoms. The lowest BCUT2D eigenvalue weighted by molar-refractivity contribution is -0.118. The highest BCUT2D eigenvalue weighted by atomic mass is 16.5. The molecule has 21 heavy (non-hydrogen) atoms. The molecule has 1 amide bonds. The third-order valence-electron chi connectivity index (χ3n) is 2.36. The minimum Gasteiger partial charge on any atom is -0.482 e. The molecule has 0 aliphatic rings. The molecule has 1 aromatic heterocycles. The van der Waals surface area contributed by atoms with E-state index < -0.39 is 5.91 Å². The van der Waals surface area contributed by atoms with Gasteiger partial charge in [0.2, 0.25) is 5.95 Å². The molecule has 1 heterocycles. The fourth-order valence-electron chi connectivity index (χ4n) is 1.49. The second-order valence-corrected chi connectivity index (χ2v) is 3.84. The molecule has 0 fully saturated rings. The molecule has 0 radical (unpaired) electrons. The fourth-order valence-corrected chi connectivity index (χ4v) is 1.49. The number of aromatic nitrogens is 3. The molecule has 0 spiro atoms. The zero-order valence-electron chi connectivity index (χ0n) is 11.3. The Labute approximate surface area is 120 Å². The van der Waals surface area contributed by atoms with Gasteiger partial charge in [0.15, 0.2) is 6.61 Å². The number of carbonyl (C=O) groups excluding carboxylic acids is 1. The second kappa shape index (κ2) is 6.91. The molecule has 0 aliphatic carbocycles. The van der Waals surface area contributed by atoms with Crippen molar-refractivity contribution >= 4 is 11.9 Å². The van der Waals surface area contributed by atoms with Gasteiger partial charge in [0.05, 0.1) is 12.2 Å². The molecule has 0 atom stereocenters. The van der Waals surface area contributed by atoms with Crippen LogP contribution in [0.1, 0.15) is 12.5 Å². The topological polar surface area (TPSA) is 113 Å². The van der Waals surface area contributed by atoms with Crippen LogP contribution in [0.4, 0.5) is 5.95 Å². The summed E-state index contributed by atoms with van der Waals surface area (Å²) < 4.78 is 10.3. The summed E-state index contributed by atoms with van der Waals surface area (Å²) in [6.45, 7) is 1.98. The molecule has 0 unspecified atom stereocenters. The molecule has 0 saturated heterocycles. The van der Waals surface area contributed by atoms with E-state index in [1.54, 1.807) is 31.2 Å². The Morgan fingerprint density at radius 3 is 3.00 bits per heavy atom. The van der Waals surface area contributed by atoms with Gasteiger partial charge in [0.25, 0.3) is 5.91 Å². The first-order valence-corrected chi connectivity index (χ1v) is 6.20. The fraction of sp³-hybridized carbons (Fsp3) is 0.231. The van der Waals surface area contributed by atoms with Gasteiger partial charge >= 0.3 is 6.01 Å². The predicted molar refractivity (Wildman–Crippen MR) is 72.8 cm³/mol. The van der Waals surface area contributed by atoms with Gasteiger partial charge in [-0.1, -0.05) is 12.1 Å². The summed E-state index contributed by atoms with van der Waals surface area (Å²) in [6.07, 6.45) is 0. The SMILES string of the molecule is CCOc1n[nH]c(NC(=O)COc2ccccc2C#N)n1. The monoisotopic (exact) mass is 287 g/mol.